The normalized spacial score (nSPS) is 16.3. The van der Waals surface area contributed by atoms with E-state index in [-0.39, 0.29) is 0 Å². The summed E-state index contributed by atoms with van der Waals surface area (Å²) in [7, 11) is 0. The maximum atomic E-state index is 2.57. The minimum absolute atomic E-state index is 0.400. The third-order valence-corrected chi connectivity index (χ3v) is 5.97. The summed E-state index contributed by atoms with van der Waals surface area (Å²) in [6.45, 7) is 6.93. The predicted molar refractivity (Wildman–Crippen MR) is 123 cm³/mol. The predicted octanol–water partition coefficient (Wildman–Crippen LogP) is 7.89. The molecule has 2 heteroatoms. The Morgan fingerprint density at radius 3 is 1.50 bits per heavy atom. The Labute approximate surface area is 175 Å². The highest BCUT2D eigenvalue weighted by atomic mass is 15.4. The fourth-order valence-corrected chi connectivity index (χ4v) is 4.25. The summed E-state index contributed by atoms with van der Waals surface area (Å²) in [5.74, 6) is 0. The molecule has 0 amide bonds. The molecule has 0 bridgehead atoms. The van der Waals surface area contributed by atoms with Crippen molar-refractivity contribution in [2.24, 2.45) is 0 Å². The molecule has 0 saturated carbocycles. The summed E-state index contributed by atoms with van der Waals surface area (Å²) in [6, 6.07) is 11.1. The summed E-state index contributed by atoms with van der Waals surface area (Å²) in [6.07, 6.45) is 22.9. The van der Waals surface area contributed by atoms with Crippen LogP contribution >= 0.6 is 0 Å². The smallest absolute Gasteiger partial charge is 0.127 e. The number of hydrogen-bond acceptors (Lipinski definition) is 2. The van der Waals surface area contributed by atoms with Gasteiger partial charge in [0.15, 0.2) is 0 Å². The molecular weight excluding hydrogens is 340 g/mol. The third kappa shape index (κ3) is 8.29. The van der Waals surface area contributed by atoms with Crippen LogP contribution in [0.1, 0.15) is 109 Å². The maximum absolute atomic E-state index is 2.57. The topological polar surface area (TPSA) is 6.48 Å². The lowest BCUT2D eigenvalue weighted by molar-refractivity contribution is 0.150. The molecule has 2 rings (SSSR count). The van der Waals surface area contributed by atoms with E-state index in [1.807, 2.05) is 0 Å². The average molecular weight is 385 g/mol. The largest absolute Gasteiger partial charge is 0.352 e. The number of rotatable bonds is 16. The molecule has 2 nitrogen and oxygen atoms in total. The molecule has 28 heavy (non-hydrogen) atoms. The average Bonchev–Trinajstić information content (AvgIpc) is 3.13. The van der Waals surface area contributed by atoms with Crippen LogP contribution in [0.2, 0.25) is 0 Å². The molecule has 0 N–H and O–H groups in total. The first-order valence-electron chi connectivity index (χ1n) is 12.1. The zero-order valence-electron chi connectivity index (χ0n) is 18.6. The molecule has 0 spiro atoms. The van der Waals surface area contributed by atoms with Gasteiger partial charge < -0.3 is 9.80 Å². The lowest BCUT2D eigenvalue weighted by Crippen LogP contribution is -2.32. The Morgan fingerprint density at radius 1 is 0.571 bits per heavy atom. The van der Waals surface area contributed by atoms with E-state index in [1.165, 1.54) is 102 Å². The van der Waals surface area contributed by atoms with Crippen molar-refractivity contribution in [2.75, 3.05) is 13.1 Å². The van der Waals surface area contributed by atoms with Gasteiger partial charge in [-0.1, -0.05) is 115 Å². The van der Waals surface area contributed by atoms with Crippen LogP contribution in [0.25, 0.3) is 0 Å². The van der Waals surface area contributed by atoms with Gasteiger partial charge in [0.1, 0.15) is 6.17 Å². The molecule has 1 unspecified atom stereocenters. The second kappa shape index (κ2) is 14.5. The van der Waals surface area contributed by atoms with E-state index in [2.05, 4.69) is 66.4 Å². The van der Waals surface area contributed by atoms with E-state index >= 15 is 0 Å². The van der Waals surface area contributed by atoms with Crippen molar-refractivity contribution in [3.05, 3.63) is 48.3 Å². The van der Waals surface area contributed by atoms with E-state index in [4.69, 9.17) is 0 Å². The first-order valence-corrected chi connectivity index (χ1v) is 12.1. The van der Waals surface area contributed by atoms with E-state index in [1.54, 1.807) is 0 Å². The van der Waals surface area contributed by atoms with Gasteiger partial charge in [-0.25, -0.2) is 0 Å². The molecule has 0 aliphatic carbocycles. The second-order valence-electron chi connectivity index (χ2n) is 8.45. The zero-order valence-corrected chi connectivity index (χ0v) is 18.6. The molecule has 1 aliphatic rings. The van der Waals surface area contributed by atoms with E-state index in [9.17, 15) is 0 Å². The van der Waals surface area contributed by atoms with Gasteiger partial charge in [-0.15, -0.1) is 0 Å². The Hall–Kier alpha value is -1.44. The van der Waals surface area contributed by atoms with Crippen molar-refractivity contribution in [1.82, 2.24) is 9.80 Å². The van der Waals surface area contributed by atoms with Crippen molar-refractivity contribution >= 4 is 0 Å². The number of benzene rings is 1. The second-order valence-corrected chi connectivity index (χ2v) is 8.45. The van der Waals surface area contributed by atoms with Gasteiger partial charge in [0.2, 0.25) is 0 Å². The molecule has 158 valence electrons. The van der Waals surface area contributed by atoms with Gasteiger partial charge in [-0.05, 0) is 18.4 Å². The summed E-state index contributed by atoms with van der Waals surface area (Å²) in [5.41, 5.74) is 1.43. The number of nitrogens with zero attached hydrogens (tertiary/aromatic N) is 2. The molecule has 0 aromatic heterocycles. The molecule has 0 radical (unpaired) electrons. The summed E-state index contributed by atoms with van der Waals surface area (Å²) in [4.78, 5) is 5.12. The van der Waals surface area contributed by atoms with Crippen LogP contribution in [0, 0.1) is 0 Å². The SMILES string of the molecule is CCCCCCCCCCCN1C=CN(CCCCCC)C1c1ccccc1. The first kappa shape index (κ1) is 22.8. The Bertz CT molecular complexity index is 510. The lowest BCUT2D eigenvalue weighted by atomic mass is 10.1. The monoisotopic (exact) mass is 384 g/mol. The van der Waals surface area contributed by atoms with Gasteiger partial charge in [0.05, 0.1) is 0 Å². The van der Waals surface area contributed by atoms with E-state index < -0.39 is 0 Å². The van der Waals surface area contributed by atoms with Gasteiger partial charge >= 0.3 is 0 Å². The van der Waals surface area contributed by atoms with Crippen LogP contribution < -0.4 is 0 Å². The molecule has 1 aromatic carbocycles. The first-order chi connectivity index (χ1) is 13.9. The maximum Gasteiger partial charge on any atom is 0.127 e. The highest BCUT2D eigenvalue weighted by Gasteiger charge is 2.26. The van der Waals surface area contributed by atoms with Crippen LogP contribution in [0.4, 0.5) is 0 Å². The van der Waals surface area contributed by atoms with Crippen LogP contribution in [0.5, 0.6) is 0 Å². The van der Waals surface area contributed by atoms with Gasteiger partial charge in [-0.2, -0.15) is 0 Å². The van der Waals surface area contributed by atoms with Crippen LogP contribution in [0.3, 0.4) is 0 Å². The van der Waals surface area contributed by atoms with Crippen molar-refractivity contribution in [3.63, 3.8) is 0 Å². The summed E-state index contributed by atoms with van der Waals surface area (Å²) >= 11 is 0. The number of hydrogen-bond donors (Lipinski definition) is 0. The quantitative estimate of drug-likeness (QED) is 0.267. The fourth-order valence-electron chi connectivity index (χ4n) is 4.25. The number of unbranched alkanes of at least 4 members (excludes halogenated alkanes) is 11. The molecule has 1 aliphatic heterocycles. The van der Waals surface area contributed by atoms with Gasteiger partial charge in [0.25, 0.3) is 0 Å². The van der Waals surface area contributed by atoms with Crippen molar-refractivity contribution in [1.29, 1.82) is 0 Å². The van der Waals surface area contributed by atoms with Crippen molar-refractivity contribution in [3.8, 4) is 0 Å². The molecule has 1 heterocycles. The van der Waals surface area contributed by atoms with E-state index in [0.717, 1.165) is 0 Å². The van der Waals surface area contributed by atoms with Crippen molar-refractivity contribution in [2.45, 2.75) is 103 Å². The van der Waals surface area contributed by atoms with Gasteiger partial charge in [-0.3, -0.25) is 0 Å². The van der Waals surface area contributed by atoms with Crippen LogP contribution in [-0.2, 0) is 0 Å². The molecule has 0 fully saturated rings. The Balaban J connectivity index is 1.73. The minimum atomic E-state index is 0.400. The van der Waals surface area contributed by atoms with Gasteiger partial charge in [0, 0.05) is 25.5 Å². The van der Waals surface area contributed by atoms with Crippen LogP contribution in [0.15, 0.2) is 42.7 Å². The molecule has 1 aromatic rings. The Kier molecular flexibility index (Phi) is 11.9. The molecule has 0 saturated heterocycles. The Morgan fingerprint density at radius 2 is 1.00 bits per heavy atom. The third-order valence-electron chi connectivity index (χ3n) is 5.97. The standard InChI is InChI=1S/C26H44N2/c1-3-5-7-9-10-11-12-13-18-22-28-24-23-27(21-17-8-6-4-2)26(28)25-19-15-14-16-20-25/h14-16,19-20,23-24,26H,3-13,17-18,21-22H2,1-2H3. The van der Waals surface area contributed by atoms with Crippen molar-refractivity contribution < 1.29 is 0 Å². The summed E-state index contributed by atoms with van der Waals surface area (Å²) < 4.78 is 0. The highest BCUT2D eigenvalue weighted by Crippen LogP contribution is 2.31. The van der Waals surface area contributed by atoms with E-state index in [0.29, 0.717) is 6.17 Å². The van der Waals surface area contributed by atoms with Crippen LogP contribution in [-0.4, -0.2) is 22.9 Å². The lowest BCUT2D eigenvalue weighted by Gasteiger charge is -2.33. The highest BCUT2D eigenvalue weighted by molar-refractivity contribution is 5.21. The molecule has 1 atom stereocenters. The zero-order chi connectivity index (χ0) is 19.9. The fraction of sp³-hybridized carbons (Fsp3) is 0.692. The summed E-state index contributed by atoms with van der Waals surface area (Å²) in [5, 5.41) is 0. The minimum Gasteiger partial charge on any atom is -0.352 e. The molecular formula is C26H44N2.